The van der Waals surface area contributed by atoms with E-state index >= 15 is 0 Å². The maximum Gasteiger partial charge on any atom is 0.127 e. The number of rotatable bonds is 2. The van der Waals surface area contributed by atoms with Crippen molar-refractivity contribution in [2.45, 2.75) is 37.8 Å². The van der Waals surface area contributed by atoms with Crippen molar-refractivity contribution < 1.29 is 5.11 Å². The monoisotopic (exact) mass is 270 g/mol. The van der Waals surface area contributed by atoms with Crippen molar-refractivity contribution >= 4 is 21.7 Å². The van der Waals surface area contributed by atoms with Crippen molar-refractivity contribution in [2.75, 3.05) is 5.32 Å². The van der Waals surface area contributed by atoms with E-state index in [-0.39, 0.29) is 12.1 Å². The van der Waals surface area contributed by atoms with E-state index in [4.69, 9.17) is 0 Å². The van der Waals surface area contributed by atoms with E-state index in [1.54, 1.807) is 0 Å². The molecular formula is C11H15BrN2O. The Morgan fingerprint density at radius 3 is 2.87 bits per heavy atom. The second kappa shape index (κ2) is 4.94. The Labute approximate surface area is 98.0 Å². The van der Waals surface area contributed by atoms with Gasteiger partial charge in [-0.2, -0.15) is 0 Å². The molecule has 0 spiro atoms. The lowest BCUT2D eigenvalue weighted by molar-refractivity contribution is 0.116. The number of hydrogen-bond acceptors (Lipinski definition) is 3. The van der Waals surface area contributed by atoms with Gasteiger partial charge in [0, 0.05) is 0 Å². The average molecular weight is 271 g/mol. The first-order valence-electron chi connectivity index (χ1n) is 5.33. The molecule has 0 bridgehead atoms. The molecule has 82 valence electrons. The number of aromatic nitrogens is 1. The molecule has 1 aliphatic rings. The van der Waals surface area contributed by atoms with Crippen LogP contribution in [0.2, 0.25) is 0 Å². The third kappa shape index (κ3) is 2.92. The standard InChI is InChI=1S/C11H15BrN2O/c12-10-6-3-7-11(14-10)13-8-4-1-2-5-9(8)15/h3,6-9,15H,1-2,4-5H2,(H,13,14). The van der Waals surface area contributed by atoms with E-state index in [2.05, 4.69) is 26.2 Å². The first-order valence-corrected chi connectivity index (χ1v) is 6.12. The molecule has 1 fully saturated rings. The lowest BCUT2D eigenvalue weighted by Gasteiger charge is -2.28. The third-order valence-corrected chi connectivity index (χ3v) is 3.22. The smallest absolute Gasteiger partial charge is 0.127 e. The first kappa shape index (κ1) is 10.9. The summed E-state index contributed by atoms with van der Waals surface area (Å²) in [6.45, 7) is 0. The van der Waals surface area contributed by atoms with Crippen molar-refractivity contribution in [1.82, 2.24) is 4.98 Å². The number of pyridine rings is 1. The topological polar surface area (TPSA) is 45.1 Å². The fraction of sp³-hybridized carbons (Fsp3) is 0.545. The lowest BCUT2D eigenvalue weighted by atomic mass is 9.92. The van der Waals surface area contributed by atoms with Gasteiger partial charge in [-0.3, -0.25) is 0 Å². The Hall–Kier alpha value is -0.610. The first-order chi connectivity index (χ1) is 7.25. The van der Waals surface area contributed by atoms with Crippen LogP contribution in [0.25, 0.3) is 0 Å². The molecule has 1 heterocycles. The summed E-state index contributed by atoms with van der Waals surface area (Å²) in [4.78, 5) is 4.30. The van der Waals surface area contributed by atoms with Gasteiger partial charge in [0.15, 0.2) is 0 Å². The molecule has 1 saturated carbocycles. The molecule has 4 heteroatoms. The summed E-state index contributed by atoms with van der Waals surface area (Å²) in [6, 6.07) is 5.91. The maximum absolute atomic E-state index is 9.80. The van der Waals surface area contributed by atoms with Crippen LogP contribution in [0, 0.1) is 0 Å². The SMILES string of the molecule is OC1CCCCC1Nc1cccc(Br)n1. The average Bonchev–Trinajstić information content (AvgIpc) is 2.22. The van der Waals surface area contributed by atoms with Crippen molar-refractivity contribution in [3.63, 3.8) is 0 Å². The van der Waals surface area contributed by atoms with Gasteiger partial charge in [0.25, 0.3) is 0 Å². The molecule has 0 saturated heterocycles. The lowest BCUT2D eigenvalue weighted by Crippen LogP contribution is -2.36. The highest BCUT2D eigenvalue weighted by molar-refractivity contribution is 9.10. The van der Waals surface area contributed by atoms with Crippen LogP contribution in [-0.4, -0.2) is 22.2 Å². The number of aliphatic hydroxyl groups excluding tert-OH is 1. The van der Waals surface area contributed by atoms with Gasteiger partial charge in [0.2, 0.25) is 0 Å². The van der Waals surface area contributed by atoms with Crippen molar-refractivity contribution in [2.24, 2.45) is 0 Å². The molecule has 0 radical (unpaired) electrons. The Morgan fingerprint density at radius 1 is 1.33 bits per heavy atom. The molecule has 2 atom stereocenters. The molecule has 2 rings (SSSR count). The summed E-state index contributed by atoms with van der Waals surface area (Å²) in [5, 5.41) is 13.1. The highest BCUT2D eigenvalue weighted by atomic mass is 79.9. The number of hydrogen-bond donors (Lipinski definition) is 2. The van der Waals surface area contributed by atoms with Crippen molar-refractivity contribution in [3.8, 4) is 0 Å². The fourth-order valence-corrected chi connectivity index (χ4v) is 2.30. The Kier molecular flexibility index (Phi) is 3.59. The van der Waals surface area contributed by atoms with Crippen molar-refractivity contribution in [3.05, 3.63) is 22.8 Å². The summed E-state index contributed by atoms with van der Waals surface area (Å²) in [5.41, 5.74) is 0. The Balaban J connectivity index is 2.01. The third-order valence-electron chi connectivity index (χ3n) is 2.78. The van der Waals surface area contributed by atoms with E-state index in [9.17, 15) is 5.11 Å². The second-order valence-electron chi connectivity index (χ2n) is 3.95. The second-order valence-corrected chi connectivity index (χ2v) is 4.76. The summed E-state index contributed by atoms with van der Waals surface area (Å²) in [5.74, 6) is 0.829. The summed E-state index contributed by atoms with van der Waals surface area (Å²) in [7, 11) is 0. The normalized spacial score (nSPS) is 26.3. The predicted octanol–water partition coefficient (Wildman–Crippen LogP) is 2.56. The number of nitrogens with one attached hydrogen (secondary N) is 1. The van der Waals surface area contributed by atoms with E-state index in [1.165, 1.54) is 6.42 Å². The maximum atomic E-state index is 9.80. The van der Waals surface area contributed by atoms with Crippen LogP contribution in [0.4, 0.5) is 5.82 Å². The van der Waals surface area contributed by atoms with Gasteiger partial charge < -0.3 is 10.4 Å². The van der Waals surface area contributed by atoms with Gasteiger partial charge in [-0.1, -0.05) is 18.9 Å². The number of halogens is 1. The summed E-state index contributed by atoms with van der Waals surface area (Å²) < 4.78 is 0.817. The molecule has 2 N–H and O–H groups in total. The van der Waals surface area contributed by atoms with Crippen LogP contribution in [0.3, 0.4) is 0 Å². The van der Waals surface area contributed by atoms with Gasteiger partial charge in [-0.15, -0.1) is 0 Å². The largest absolute Gasteiger partial charge is 0.391 e. The number of aliphatic hydroxyl groups is 1. The van der Waals surface area contributed by atoms with Crippen LogP contribution in [0.5, 0.6) is 0 Å². The van der Waals surface area contributed by atoms with Crippen LogP contribution in [-0.2, 0) is 0 Å². The van der Waals surface area contributed by atoms with Gasteiger partial charge in [0.05, 0.1) is 12.1 Å². The van der Waals surface area contributed by atoms with Crippen LogP contribution in [0.1, 0.15) is 25.7 Å². The molecule has 1 aromatic heterocycles. The van der Waals surface area contributed by atoms with Crippen LogP contribution in [0.15, 0.2) is 22.8 Å². The summed E-state index contributed by atoms with van der Waals surface area (Å²) in [6.07, 6.45) is 3.99. The minimum Gasteiger partial charge on any atom is -0.391 e. The molecule has 15 heavy (non-hydrogen) atoms. The van der Waals surface area contributed by atoms with E-state index < -0.39 is 0 Å². The quantitative estimate of drug-likeness (QED) is 0.812. The predicted molar refractivity (Wildman–Crippen MR) is 63.8 cm³/mol. The zero-order valence-corrected chi connectivity index (χ0v) is 10.1. The fourth-order valence-electron chi connectivity index (χ4n) is 1.96. The van der Waals surface area contributed by atoms with Crippen LogP contribution < -0.4 is 5.32 Å². The van der Waals surface area contributed by atoms with E-state index in [0.29, 0.717) is 0 Å². The summed E-state index contributed by atoms with van der Waals surface area (Å²) >= 11 is 3.33. The highest BCUT2D eigenvalue weighted by Gasteiger charge is 2.22. The van der Waals surface area contributed by atoms with E-state index in [0.717, 1.165) is 29.7 Å². The Morgan fingerprint density at radius 2 is 2.13 bits per heavy atom. The molecule has 1 aromatic rings. The molecule has 0 aliphatic heterocycles. The molecule has 2 unspecified atom stereocenters. The van der Waals surface area contributed by atoms with Gasteiger partial charge in [0.1, 0.15) is 10.4 Å². The zero-order valence-electron chi connectivity index (χ0n) is 8.49. The van der Waals surface area contributed by atoms with Gasteiger partial charge in [-0.25, -0.2) is 4.98 Å². The zero-order chi connectivity index (χ0) is 10.7. The van der Waals surface area contributed by atoms with Gasteiger partial charge >= 0.3 is 0 Å². The van der Waals surface area contributed by atoms with Gasteiger partial charge in [-0.05, 0) is 40.9 Å². The minimum atomic E-state index is -0.237. The van der Waals surface area contributed by atoms with E-state index in [1.807, 2.05) is 18.2 Å². The Bertz CT molecular complexity index is 332. The molecule has 1 aliphatic carbocycles. The number of anilines is 1. The number of nitrogens with zero attached hydrogens (tertiary/aromatic N) is 1. The molecule has 0 amide bonds. The minimum absolute atomic E-state index is 0.153. The molecule has 0 aromatic carbocycles. The molecular weight excluding hydrogens is 256 g/mol. The van der Waals surface area contributed by atoms with Crippen molar-refractivity contribution in [1.29, 1.82) is 0 Å². The highest BCUT2D eigenvalue weighted by Crippen LogP contribution is 2.22. The van der Waals surface area contributed by atoms with Crippen LogP contribution >= 0.6 is 15.9 Å². The molecule has 3 nitrogen and oxygen atoms in total.